The van der Waals surface area contributed by atoms with E-state index in [1.54, 1.807) is 12.1 Å². The van der Waals surface area contributed by atoms with Crippen LogP contribution in [0.3, 0.4) is 0 Å². The SMILES string of the molecule is CC(C)(C)C[C@H](NC(=O)/C=C/c1ccc(Cl)cn1)C(=O)NC(C[C@@H]1CCNC1=O)C(=O)C(=O)NC1CC1. The number of amides is 4. The third-order valence-corrected chi connectivity index (χ3v) is 6.28. The molecule has 1 unspecified atom stereocenters. The van der Waals surface area contributed by atoms with Crippen molar-refractivity contribution in [3.63, 3.8) is 0 Å². The predicted octanol–water partition coefficient (Wildman–Crippen LogP) is 1.53. The van der Waals surface area contributed by atoms with Crippen LogP contribution in [0.5, 0.6) is 0 Å². The third kappa shape index (κ3) is 9.27. The van der Waals surface area contributed by atoms with Crippen LogP contribution in [0.15, 0.2) is 24.4 Å². The largest absolute Gasteiger partial charge is 0.356 e. The lowest BCUT2D eigenvalue weighted by Crippen LogP contribution is -2.55. The zero-order valence-corrected chi connectivity index (χ0v) is 22.1. The van der Waals surface area contributed by atoms with E-state index in [9.17, 15) is 24.0 Å². The van der Waals surface area contributed by atoms with Crippen molar-refractivity contribution < 1.29 is 24.0 Å². The van der Waals surface area contributed by atoms with Gasteiger partial charge in [0.1, 0.15) is 6.04 Å². The van der Waals surface area contributed by atoms with Gasteiger partial charge in [0.05, 0.1) is 16.8 Å². The van der Waals surface area contributed by atoms with Gasteiger partial charge in [-0.1, -0.05) is 32.4 Å². The van der Waals surface area contributed by atoms with Gasteiger partial charge in [0, 0.05) is 30.8 Å². The third-order valence-electron chi connectivity index (χ3n) is 6.06. The Balaban J connectivity index is 1.72. The number of hydrogen-bond donors (Lipinski definition) is 4. The first kappa shape index (κ1) is 28.3. The molecule has 1 aliphatic heterocycles. The van der Waals surface area contributed by atoms with Gasteiger partial charge < -0.3 is 21.3 Å². The number of Topliss-reactive ketones (excluding diaryl/α,β-unsaturated/α-hetero) is 1. The Labute approximate surface area is 221 Å². The number of carbonyl (C=O) groups is 5. The van der Waals surface area contributed by atoms with Gasteiger partial charge in [0.2, 0.25) is 23.5 Å². The van der Waals surface area contributed by atoms with Gasteiger partial charge in [-0.05, 0) is 55.7 Å². The highest BCUT2D eigenvalue weighted by Gasteiger charge is 2.37. The van der Waals surface area contributed by atoms with Crippen LogP contribution >= 0.6 is 11.6 Å². The van der Waals surface area contributed by atoms with Crippen LogP contribution in [-0.4, -0.2) is 59.1 Å². The minimum Gasteiger partial charge on any atom is -0.356 e. The number of pyridine rings is 1. The highest BCUT2D eigenvalue weighted by Crippen LogP contribution is 2.23. The minimum atomic E-state index is -1.19. The molecule has 1 saturated heterocycles. The van der Waals surface area contributed by atoms with Crippen molar-refractivity contribution in [3.05, 3.63) is 35.1 Å². The van der Waals surface area contributed by atoms with E-state index < -0.39 is 41.5 Å². The molecule has 4 amide bonds. The van der Waals surface area contributed by atoms with E-state index in [2.05, 4.69) is 26.3 Å². The number of nitrogens with zero attached hydrogens (tertiary/aromatic N) is 1. The monoisotopic (exact) mass is 531 g/mol. The summed E-state index contributed by atoms with van der Waals surface area (Å²) in [6.45, 7) is 6.23. The first-order valence-electron chi connectivity index (χ1n) is 12.4. The fraction of sp³-hybridized carbons (Fsp3) is 0.538. The van der Waals surface area contributed by atoms with E-state index in [-0.39, 0.29) is 30.2 Å². The van der Waals surface area contributed by atoms with Crippen molar-refractivity contribution in [2.75, 3.05) is 6.54 Å². The van der Waals surface area contributed by atoms with Gasteiger partial charge in [0.15, 0.2) is 0 Å². The van der Waals surface area contributed by atoms with E-state index in [1.165, 1.54) is 18.3 Å². The maximum Gasteiger partial charge on any atom is 0.289 e. The molecule has 0 aromatic carbocycles. The number of aromatic nitrogens is 1. The summed E-state index contributed by atoms with van der Waals surface area (Å²) < 4.78 is 0. The minimum absolute atomic E-state index is 0.00676. The molecular formula is C26H34ClN5O5. The molecule has 1 aliphatic carbocycles. The number of halogens is 1. The molecule has 200 valence electrons. The standard InChI is InChI=1S/C26H34ClN5O5/c1-26(2,3)13-20(31-21(33)9-8-17-5-4-16(27)14-29-17)24(36)32-19(12-15-10-11-28-23(15)35)22(34)25(37)30-18-6-7-18/h4-5,8-9,14-15,18-20H,6-7,10-13H2,1-3H3,(H,28,35)(H,30,37)(H,31,33)(H,32,36)/b9-8+/t15-,19?,20-/m0/s1. The molecular weight excluding hydrogens is 498 g/mol. The molecule has 11 heteroatoms. The summed E-state index contributed by atoms with van der Waals surface area (Å²) >= 11 is 5.83. The molecule has 1 saturated carbocycles. The molecule has 1 aromatic rings. The molecule has 2 heterocycles. The van der Waals surface area contributed by atoms with E-state index >= 15 is 0 Å². The van der Waals surface area contributed by atoms with Gasteiger partial charge in [-0.25, -0.2) is 0 Å². The lowest BCUT2D eigenvalue weighted by atomic mass is 9.87. The zero-order chi connectivity index (χ0) is 27.2. The fourth-order valence-electron chi connectivity index (χ4n) is 3.99. The molecule has 3 rings (SSSR count). The van der Waals surface area contributed by atoms with E-state index in [4.69, 9.17) is 11.6 Å². The number of carbonyl (C=O) groups excluding carboxylic acids is 5. The van der Waals surface area contributed by atoms with Crippen molar-refractivity contribution in [1.82, 2.24) is 26.3 Å². The first-order valence-corrected chi connectivity index (χ1v) is 12.8. The van der Waals surface area contributed by atoms with Crippen LogP contribution in [0.25, 0.3) is 6.08 Å². The molecule has 1 aromatic heterocycles. The zero-order valence-electron chi connectivity index (χ0n) is 21.3. The van der Waals surface area contributed by atoms with Gasteiger partial charge in [-0.2, -0.15) is 0 Å². The van der Waals surface area contributed by atoms with Crippen LogP contribution in [0, 0.1) is 11.3 Å². The number of rotatable bonds is 11. The molecule has 2 aliphatic rings. The number of ketones is 1. The Morgan fingerprint density at radius 3 is 2.43 bits per heavy atom. The van der Waals surface area contributed by atoms with Gasteiger partial charge in [-0.15, -0.1) is 0 Å². The molecule has 0 spiro atoms. The van der Waals surface area contributed by atoms with Gasteiger partial charge in [0.25, 0.3) is 5.91 Å². The maximum atomic E-state index is 13.3. The summed E-state index contributed by atoms with van der Waals surface area (Å²) in [5, 5.41) is 11.2. The first-order chi connectivity index (χ1) is 17.4. The molecule has 37 heavy (non-hydrogen) atoms. The average molecular weight is 532 g/mol. The van der Waals surface area contributed by atoms with Crippen LogP contribution in [0.4, 0.5) is 0 Å². The van der Waals surface area contributed by atoms with E-state index in [0.29, 0.717) is 23.7 Å². The van der Waals surface area contributed by atoms with Crippen LogP contribution in [0.1, 0.15) is 58.6 Å². The van der Waals surface area contributed by atoms with Gasteiger partial charge in [-0.3, -0.25) is 29.0 Å². The number of hydrogen-bond acceptors (Lipinski definition) is 6. The number of nitrogens with one attached hydrogen (secondary N) is 4. The van der Waals surface area contributed by atoms with Crippen molar-refractivity contribution >= 4 is 47.1 Å². The summed E-state index contributed by atoms with van der Waals surface area (Å²) in [4.78, 5) is 67.7. The summed E-state index contributed by atoms with van der Waals surface area (Å²) in [5.74, 6) is -3.40. The topological polar surface area (TPSA) is 146 Å². The molecule has 2 fully saturated rings. The van der Waals surface area contributed by atoms with Crippen LogP contribution < -0.4 is 21.3 Å². The molecule has 0 radical (unpaired) electrons. The highest BCUT2D eigenvalue weighted by molar-refractivity contribution is 6.38. The van der Waals surface area contributed by atoms with E-state index in [0.717, 1.165) is 12.8 Å². The second-order valence-corrected chi connectivity index (χ2v) is 11.2. The lowest BCUT2D eigenvalue weighted by Gasteiger charge is -2.28. The normalized spacial score (nSPS) is 19.1. The Kier molecular flexibility index (Phi) is 9.42. The summed E-state index contributed by atoms with van der Waals surface area (Å²) in [5.41, 5.74) is 0.170. The van der Waals surface area contributed by atoms with Crippen LogP contribution in [0.2, 0.25) is 5.02 Å². The average Bonchev–Trinajstić information content (AvgIpc) is 3.55. The maximum absolute atomic E-state index is 13.3. The fourth-order valence-corrected chi connectivity index (χ4v) is 4.10. The van der Waals surface area contributed by atoms with Crippen LogP contribution in [-0.2, 0) is 24.0 Å². The van der Waals surface area contributed by atoms with Gasteiger partial charge >= 0.3 is 0 Å². The predicted molar refractivity (Wildman–Crippen MR) is 138 cm³/mol. The Morgan fingerprint density at radius 2 is 1.86 bits per heavy atom. The summed E-state index contributed by atoms with van der Waals surface area (Å²) in [6.07, 6.45) is 6.60. The van der Waals surface area contributed by atoms with Crippen molar-refractivity contribution in [1.29, 1.82) is 0 Å². The summed E-state index contributed by atoms with van der Waals surface area (Å²) in [7, 11) is 0. The molecule has 4 N–H and O–H groups in total. The Bertz CT molecular complexity index is 1060. The molecule has 3 atom stereocenters. The quantitative estimate of drug-likeness (QED) is 0.251. The highest BCUT2D eigenvalue weighted by atomic mass is 35.5. The second-order valence-electron chi connectivity index (χ2n) is 10.7. The van der Waals surface area contributed by atoms with E-state index in [1.807, 2.05) is 20.8 Å². The summed E-state index contributed by atoms with van der Waals surface area (Å²) in [6, 6.07) is 1.09. The smallest absolute Gasteiger partial charge is 0.289 e. The molecule has 0 bridgehead atoms. The lowest BCUT2D eigenvalue weighted by molar-refractivity contribution is -0.141. The molecule has 10 nitrogen and oxygen atoms in total. The van der Waals surface area contributed by atoms with Crippen molar-refractivity contribution in [3.8, 4) is 0 Å². The Hall–Kier alpha value is -3.27. The van der Waals surface area contributed by atoms with Crippen molar-refractivity contribution in [2.45, 2.75) is 71.0 Å². The van der Waals surface area contributed by atoms with Crippen molar-refractivity contribution in [2.24, 2.45) is 11.3 Å². The Morgan fingerprint density at radius 1 is 1.14 bits per heavy atom. The second kappa shape index (κ2) is 12.3.